The number of anilines is 1. The SMILES string of the molecule is CC(=O)N1N=C(c2ccc(N)c(C)c2)c2cc3c(cc2C=C1C)OCO3. The highest BCUT2D eigenvalue weighted by Gasteiger charge is 2.24. The van der Waals surface area contributed by atoms with Crippen molar-refractivity contribution < 1.29 is 14.3 Å². The monoisotopic (exact) mass is 349 g/mol. The summed E-state index contributed by atoms with van der Waals surface area (Å²) in [6.45, 7) is 5.50. The van der Waals surface area contributed by atoms with E-state index in [1.165, 1.54) is 11.9 Å². The van der Waals surface area contributed by atoms with E-state index in [1.54, 1.807) is 0 Å². The van der Waals surface area contributed by atoms with Crippen LogP contribution in [-0.2, 0) is 4.79 Å². The van der Waals surface area contributed by atoms with E-state index >= 15 is 0 Å². The topological polar surface area (TPSA) is 77.2 Å². The van der Waals surface area contributed by atoms with Crippen molar-refractivity contribution in [3.63, 3.8) is 0 Å². The van der Waals surface area contributed by atoms with Crippen molar-refractivity contribution in [2.75, 3.05) is 12.5 Å². The summed E-state index contributed by atoms with van der Waals surface area (Å²) in [5, 5.41) is 6.07. The van der Waals surface area contributed by atoms with Gasteiger partial charge in [-0.05, 0) is 55.3 Å². The zero-order chi connectivity index (χ0) is 18.4. The molecule has 0 aromatic heterocycles. The Labute approximate surface area is 151 Å². The van der Waals surface area contributed by atoms with Gasteiger partial charge in [0, 0.05) is 29.4 Å². The number of nitrogen functional groups attached to an aromatic ring is 1. The number of benzene rings is 2. The van der Waals surface area contributed by atoms with Crippen LogP contribution in [0.3, 0.4) is 0 Å². The van der Waals surface area contributed by atoms with Crippen LogP contribution in [0.5, 0.6) is 11.5 Å². The molecule has 2 aromatic carbocycles. The van der Waals surface area contributed by atoms with Crippen LogP contribution in [0.1, 0.15) is 36.1 Å². The number of allylic oxidation sites excluding steroid dienone is 1. The molecular weight excluding hydrogens is 330 g/mol. The molecule has 0 atom stereocenters. The predicted octanol–water partition coefficient (Wildman–Crippen LogP) is 3.28. The number of amides is 1. The molecule has 2 aliphatic rings. The van der Waals surface area contributed by atoms with Crippen LogP contribution in [0.2, 0.25) is 0 Å². The first-order valence-corrected chi connectivity index (χ1v) is 8.32. The molecule has 2 aromatic rings. The maximum Gasteiger partial charge on any atom is 0.243 e. The fraction of sp³-hybridized carbons (Fsp3) is 0.200. The summed E-state index contributed by atoms with van der Waals surface area (Å²) in [6.07, 6.45) is 1.93. The number of hydrogen-bond acceptors (Lipinski definition) is 5. The van der Waals surface area contributed by atoms with Crippen LogP contribution < -0.4 is 15.2 Å². The van der Waals surface area contributed by atoms with Crippen molar-refractivity contribution in [2.45, 2.75) is 20.8 Å². The second-order valence-corrected chi connectivity index (χ2v) is 6.43. The number of carbonyl (C=O) groups is 1. The fourth-order valence-electron chi connectivity index (χ4n) is 3.16. The van der Waals surface area contributed by atoms with E-state index in [4.69, 9.17) is 15.2 Å². The first kappa shape index (κ1) is 16.2. The van der Waals surface area contributed by atoms with E-state index in [2.05, 4.69) is 5.10 Å². The molecular formula is C20H19N3O3. The third kappa shape index (κ3) is 2.60. The number of aryl methyl sites for hydroxylation is 1. The van der Waals surface area contributed by atoms with Gasteiger partial charge in [0.1, 0.15) is 0 Å². The van der Waals surface area contributed by atoms with Gasteiger partial charge >= 0.3 is 0 Å². The molecule has 0 saturated heterocycles. The average Bonchev–Trinajstić information content (AvgIpc) is 2.99. The fourth-order valence-corrected chi connectivity index (χ4v) is 3.16. The van der Waals surface area contributed by atoms with Gasteiger partial charge < -0.3 is 15.2 Å². The summed E-state index contributed by atoms with van der Waals surface area (Å²) in [4.78, 5) is 12.1. The Hall–Kier alpha value is -3.28. The largest absolute Gasteiger partial charge is 0.454 e. The van der Waals surface area contributed by atoms with Gasteiger partial charge in [0.2, 0.25) is 12.7 Å². The van der Waals surface area contributed by atoms with Crippen LogP contribution in [0.4, 0.5) is 5.69 Å². The Morgan fingerprint density at radius 1 is 1.15 bits per heavy atom. The Balaban J connectivity index is 1.97. The van der Waals surface area contributed by atoms with Gasteiger partial charge in [-0.3, -0.25) is 4.79 Å². The van der Waals surface area contributed by atoms with Gasteiger partial charge in [0.15, 0.2) is 11.5 Å². The highest BCUT2D eigenvalue weighted by atomic mass is 16.7. The smallest absolute Gasteiger partial charge is 0.243 e. The summed E-state index contributed by atoms with van der Waals surface area (Å²) < 4.78 is 11.0. The number of rotatable bonds is 1. The number of hydrogen-bond donors (Lipinski definition) is 1. The molecule has 2 N–H and O–H groups in total. The molecule has 0 radical (unpaired) electrons. The molecule has 0 unspecified atom stereocenters. The number of nitrogens with two attached hydrogens (primary N) is 1. The molecule has 4 rings (SSSR count). The van der Waals surface area contributed by atoms with Crippen molar-refractivity contribution in [1.29, 1.82) is 0 Å². The summed E-state index contributed by atoms with van der Waals surface area (Å²) in [7, 11) is 0. The standard InChI is InChI=1S/C20H19N3O3/c1-11-6-14(4-5-17(11)21)20-16-9-19-18(25-10-26-19)8-15(16)7-12(2)23(22-20)13(3)24/h4-9H,10,21H2,1-3H3. The van der Waals surface area contributed by atoms with Crippen molar-refractivity contribution in [3.8, 4) is 11.5 Å². The molecule has 0 spiro atoms. The summed E-state index contributed by atoms with van der Waals surface area (Å²) in [5.41, 5.74) is 11.7. The van der Waals surface area contributed by atoms with E-state index in [-0.39, 0.29) is 12.7 Å². The highest BCUT2D eigenvalue weighted by Crippen LogP contribution is 2.38. The normalized spacial score (nSPS) is 15.1. The zero-order valence-electron chi connectivity index (χ0n) is 14.9. The zero-order valence-corrected chi connectivity index (χ0v) is 14.9. The summed E-state index contributed by atoms with van der Waals surface area (Å²) >= 11 is 0. The van der Waals surface area contributed by atoms with Crippen molar-refractivity contribution in [3.05, 3.63) is 58.3 Å². The lowest BCUT2D eigenvalue weighted by molar-refractivity contribution is -0.126. The second kappa shape index (κ2) is 5.91. The molecule has 0 saturated carbocycles. The molecule has 0 fully saturated rings. The van der Waals surface area contributed by atoms with E-state index in [0.29, 0.717) is 22.9 Å². The Kier molecular flexibility index (Phi) is 3.68. The number of fused-ring (bicyclic) bond motifs is 2. The van der Waals surface area contributed by atoms with Crippen molar-refractivity contribution in [1.82, 2.24) is 5.01 Å². The lowest BCUT2D eigenvalue weighted by Crippen LogP contribution is -2.22. The molecule has 26 heavy (non-hydrogen) atoms. The molecule has 2 aliphatic heterocycles. The maximum atomic E-state index is 12.1. The minimum atomic E-state index is -0.156. The lowest BCUT2D eigenvalue weighted by Gasteiger charge is -2.16. The predicted molar refractivity (Wildman–Crippen MR) is 100.0 cm³/mol. The van der Waals surface area contributed by atoms with Crippen LogP contribution in [0, 0.1) is 6.92 Å². The van der Waals surface area contributed by atoms with Gasteiger partial charge in [0.25, 0.3) is 0 Å². The van der Waals surface area contributed by atoms with Gasteiger partial charge in [-0.2, -0.15) is 5.10 Å². The number of ether oxygens (including phenoxy) is 2. The first-order valence-electron chi connectivity index (χ1n) is 8.32. The summed E-state index contributed by atoms with van der Waals surface area (Å²) in [6, 6.07) is 9.57. The van der Waals surface area contributed by atoms with Gasteiger partial charge in [-0.15, -0.1) is 0 Å². The third-order valence-electron chi connectivity index (χ3n) is 4.54. The Morgan fingerprint density at radius 2 is 1.88 bits per heavy atom. The van der Waals surface area contributed by atoms with Gasteiger partial charge in [-0.1, -0.05) is 6.07 Å². The van der Waals surface area contributed by atoms with Gasteiger partial charge in [-0.25, -0.2) is 5.01 Å². The molecule has 1 amide bonds. The van der Waals surface area contributed by atoms with Crippen LogP contribution in [-0.4, -0.2) is 23.4 Å². The molecule has 132 valence electrons. The number of nitrogens with zero attached hydrogens (tertiary/aromatic N) is 2. The van der Waals surface area contributed by atoms with Gasteiger partial charge in [0.05, 0.1) is 5.71 Å². The van der Waals surface area contributed by atoms with Crippen LogP contribution in [0.15, 0.2) is 41.1 Å². The average molecular weight is 349 g/mol. The summed E-state index contributed by atoms with van der Waals surface area (Å²) in [5.74, 6) is 1.21. The molecule has 0 bridgehead atoms. The number of carbonyl (C=O) groups excluding carboxylic acids is 1. The first-order chi connectivity index (χ1) is 12.4. The van der Waals surface area contributed by atoms with Crippen molar-refractivity contribution >= 4 is 23.4 Å². The quantitative estimate of drug-likeness (QED) is 0.802. The van der Waals surface area contributed by atoms with Crippen LogP contribution in [0.25, 0.3) is 6.08 Å². The van der Waals surface area contributed by atoms with Crippen LogP contribution >= 0.6 is 0 Å². The molecule has 6 nitrogen and oxygen atoms in total. The van der Waals surface area contributed by atoms with E-state index in [9.17, 15) is 4.79 Å². The van der Waals surface area contributed by atoms with E-state index < -0.39 is 0 Å². The highest BCUT2D eigenvalue weighted by molar-refractivity contribution is 6.16. The minimum Gasteiger partial charge on any atom is -0.454 e. The van der Waals surface area contributed by atoms with E-state index in [0.717, 1.165) is 28.0 Å². The van der Waals surface area contributed by atoms with E-state index in [1.807, 2.05) is 50.3 Å². The molecule has 6 heteroatoms. The maximum absolute atomic E-state index is 12.1. The Morgan fingerprint density at radius 3 is 2.58 bits per heavy atom. The third-order valence-corrected chi connectivity index (χ3v) is 4.54. The minimum absolute atomic E-state index is 0.156. The number of hydrazone groups is 1. The lowest BCUT2D eigenvalue weighted by atomic mass is 9.95. The molecule has 2 heterocycles. The Bertz CT molecular complexity index is 992. The molecule has 0 aliphatic carbocycles. The second-order valence-electron chi connectivity index (χ2n) is 6.43. The van der Waals surface area contributed by atoms with Crippen molar-refractivity contribution in [2.24, 2.45) is 5.10 Å².